The molecule has 2 heterocycles. The molecular formula is C20H24N4S. The summed E-state index contributed by atoms with van der Waals surface area (Å²) in [7, 11) is 0. The van der Waals surface area contributed by atoms with Crippen molar-refractivity contribution in [3.05, 3.63) is 65.0 Å². The number of aryl methyl sites for hydroxylation is 2. The van der Waals surface area contributed by atoms with Gasteiger partial charge < -0.3 is 4.57 Å². The average Bonchev–Trinajstić information content (AvgIpc) is 2.89. The molecule has 0 saturated carbocycles. The van der Waals surface area contributed by atoms with Crippen LogP contribution in [0.25, 0.3) is 5.69 Å². The molecule has 1 aliphatic heterocycles. The van der Waals surface area contributed by atoms with Crippen LogP contribution < -0.4 is 5.43 Å². The first-order valence-electron chi connectivity index (χ1n) is 8.36. The molecule has 5 heteroatoms. The largest absolute Gasteiger partial charge is 0.318 e. The lowest BCUT2D eigenvalue weighted by Gasteiger charge is -2.15. The minimum atomic E-state index is 0.641. The van der Waals surface area contributed by atoms with Crippen molar-refractivity contribution >= 4 is 22.6 Å². The van der Waals surface area contributed by atoms with E-state index < -0.39 is 0 Å². The van der Waals surface area contributed by atoms with Crippen LogP contribution in [0.15, 0.2) is 52.6 Å². The van der Waals surface area contributed by atoms with E-state index in [-0.39, 0.29) is 0 Å². The number of hydrogen-bond donors (Lipinski definition) is 1. The summed E-state index contributed by atoms with van der Waals surface area (Å²) in [5.74, 6) is 0.820. The van der Waals surface area contributed by atoms with Gasteiger partial charge in [-0.2, -0.15) is 5.10 Å². The van der Waals surface area contributed by atoms with E-state index in [1.807, 2.05) is 6.92 Å². The van der Waals surface area contributed by atoms with E-state index in [1.165, 1.54) is 28.2 Å². The predicted octanol–water partition coefficient (Wildman–Crippen LogP) is 4.38. The fourth-order valence-electron chi connectivity index (χ4n) is 2.89. The van der Waals surface area contributed by atoms with Gasteiger partial charge in [0.05, 0.1) is 12.3 Å². The number of nitrogens with zero attached hydrogens (tertiary/aromatic N) is 3. The molecule has 0 amide bonds. The first-order chi connectivity index (χ1) is 12.0. The van der Waals surface area contributed by atoms with E-state index in [2.05, 4.69) is 77.8 Å². The van der Waals surface area contributed by atoms with Crippen molar-refractivity contribution in [2.75, 3.05) is 12.3 Å². The summed E-state index contributed by atoms with van der Waals surface area (Å²) in [6, 6.07) is 10.8. The second-order valence-corrected chi connectivity index (χ2v) is 7.46. The van der Waals surface area contributed by atoms with Crippen molar-refractivity contribution in [3.8, 4) is 5.69 Å². The Morgan fingerprint density at radius 1 is 1.28 bits per heavy atom. The van der Waals surface area contributed by atoms with E-state index in [1.54, 1.807) is 11.8 Å². The van der Waals surface area contributed by atoms with Gasteiger partial charge in [-0.15, -0.1) is 0 Å². The fraction of sp³-hybridized carbons (Fsp3) is 0.300. The Morgan fingerprint density at radius 2 is 2.00 bits per heavy atom. The number of amidine groups is 1. The van der Waals surface area contributed by atoms with Crippen LogP contribution in [0.1, 0.15) is 29.4 Å². The highest BCUT2D eigenvalue weighted by Crippen LogP contribution is 2.24. The fourth-order valence-corrected chi connectivity index (χ4v) is 3.65. The van der Waals surface area contributed by atoms with E-state index in [0.29, 0.717) is 6.54 Å². The number of rotatable bonds is 4. The van der Waals surface area contributed by atoms with Crippen LogP contribution >= 0.6 is 11.8 Å². The molecule has 2 aromatic rings. The Balaban J connectivity index is 1.87. The molecule has 4 nitrogen and oxygen atoms in total. The second kappa shape index (κ2) is 7.31. The van der Waals surface area contributed by atoms with Crippen molar-refractivity contribution in [3.63, 3.8) is 0 Å². The third-order valence-electron chi connectivity index (χ3n) is 4.16. The maximum absolute atomic E-state index is 4.55. The summed E-state index contributed by atoms with van der Waals surface area (Å²) >= 11 is 1.69. The molecule has 0 atom stereocenters. The smallest absolute Gasteiger partial charge is 0.177 e. The topological polar surface area (TPSA) is 41.7 Å². The third-order valence-corrected chi connectivity index (χ3v) is 5.07. The van der Waals surface area contributed by atoms with E-state index in [4.69, 9.17) is 0 Å². The Labute approximate surface area is 153 Å². The number of benzene rings is 1. The minimum Gasteiger partial charge on any atom is -0.318 e. The SMILES string of the molecule is C=C(C)CN=C1NN=C(c2cc(C)n(-c3ccc(C)cc3)c2C)CS1. The molecule has 0 radical (unpaired) electrons. The standard InChI is InChI=1S/C20H24N4S/c1-13(2)11-21-20-23-22-19(12-25-20)18-10-15(4)24(16(18)5)17-8-6-14(3)7-9-17/h6-10H,1,11-12H2,2-5H3,(H,21,23). The lowest BCUT2D eigenvalue weighted by molar-refractivity contribution is 0.961. The highest BCUT2D eigenvalue weighted by atomic mass is 32.2. The van der Waals surface area contributed by atoms with Gasteiger partial charge in [0.25, 0.3) is 0 Å². The lowest BCUT2D eigenvalue weighted by atomic mass is 10.1. The molecular weight excluding hydrogens is 328 g/mol. The molecule has 0 unspecified atom stereocenters. The van der Waals surface area contributed by atoms with Crippen LogP contribution in [-0.2, 0) is 0 Å². The molecule has 1 N–H and O–H groups in total. The number of hydrogen-bond acceptors (Lipinski definition) is 3. The van der Waals surface area contributed by atoms with Crippen LogP contribution in [0.5, 0.6) is 0 Å². The first-order valence-corrected chi connectivity index (χ1v) is 9.35. The molecule has 1 aromatic carbocycles. The molecule has 0 bridgehead atoms. The quantitative estimate of drug-likeness (QED) is 0.830. The molecule has 1 aromatic heterocycles. The Bertz CT molecular complexity index is 857. The molecule has 0 spiro atoms. The zero-order valence-corrected chi connectivity index (χ0v) is 16.1. The second-order valence-electron chi connectivity index (χ2n) is 6.49. The Kier molecular flexibility index (Phi) is 5.13. The van der Waals surface area contributed by atoms with Gasteiger partial charge in [-0.1, -0.05) is 41.6 Å². The van der Waals surface area contributed by atoms with Crippen molar-refractivity contribution in [2.24, 2.45) is 10.1 Å². The number of hydrazone groups is 1. The van der Waals surface area contributed by atoms with Gasteiger partial charge in [0.2, 0.25) is 0 Å². The number of aliphatic imine (C=N–C) groups is 1. The lowest BCUT2D eigenvalue weighted by Crippen LogP contribution is -2.26. The van der Waals surface area contributed by atoms with Crippen LogP contribution in [0.3, 0.4) is 0 Å². The molecule has 3 rings (SSSR count). The first kappa shape index (κ1) is 17.5. The summed E-state index contributed by atoms with van der Waals surface area (Å²) in [6.45, 7) is 12.9. The van der Waals surface area contributed by atoms with E-state index in [9.17, 15) is 0 Å². The Hall–Kier alpha value is -2.27. The molecule has 0 saturated heterocycles. The van der Waals surface area contributed by atoms with Crippen LogP contribution in [0.4, 0.5) is 0 Å². The summed E-state index contributed by atoms with van der Waals surface area (Å²) in [5, 5.41) is 5.41. The monoisotopic (exact) mass is 352 g/mol. The van der Waals surface area contributed by atoms with Gasteiger partial charge in [-0.05, 0) is 45.9 Å². The molecule has 0 aliphatic carbocycles. The Morgan fingerprint density at radius 3 is 2.60 bits per heavy atom. The summed E-state index contributed by atoms with van der Waals surface area (Å²) in [6.07, 6.45) is 0. The van der Waals surface area contributed by atoms with Gasteiger partial charge in [-0.3, -0.25) is 10.4 Å². The number of thioether (sulfide) groups is 1. The van der Waals surface area contributed by atoms with E-state index in [0.717, 1.165) is 22.2 Å². The van der Waals surface area contributed by atoms with Crippen molar-refractivity contribution < 1.29 is 0 Å². The zero-order valence-electron chi connectivity index (χ0n) is 15.3. The van der Waals surface area contributed by atoms with Crippen molar-refractivity contribution in [2.45, 2.75) is 27.7 Å². The van der Waals surface area contributed by atoms with E-state index >= 15 is 0 Å². The number of aromatic nitrogens is 1. The summed E-state index contributed by atoms with van der Waals surface area (Å²) in [4.78, 5) is 4.47. The number of nitrogens with one attached hydrogen (secondary N) is 1. The van der Waals surface area contributed by atoms with Gasteiger partial charge in [0, 0.05) is 28.4 Å². The molecule has 25 heavy (non-hydrogen) atoms. The molecule has 1 aliphatic rings. The third kappa shape index (κ3) is 3.87. The van der Waals surface area contributed by atoms with Gasteiger partial charge >= 0.3 is 0 Å². The van der Waals surface area contributed by atoms with Gasteiger partial charge in [0.15, 0.2) is 5.17 Å². The van der Waals surface area contributed by atoms with Crippen LogP contribution in [0.2, 0.25) is 0 Å². The normalized spacial score (nSPS) is 15.8. The van der Waals surface area contributed by atoms with Crippen LogP contribution in [-0.4, -0.2) is 27.7 Å². The zero-order chi connectivity index (χ0) is 18.0. The predicted molar refractivity (Wildman–Crippen MR) is 109 cm³/mol. The van der Waals surface area contributed by atoms with Gasteiger partial charge in [0.1, 0.15) is 0 Å². The van der Waals surface area contributed by atoms with Crippen LogP contribution in [0, 0.1) is 20.8 Å². The molecule has 0 fully saturated rings. The summed E-state index contributed by atoms with van der Waals surface area (Å²) in [5.41, 5.74) is 11.3. The maximum atomic E-state index is 4.55. The highest BCUT2D eigenvalue weighted by molar-refractivity contribution is 8.14. The average molecular weight is 353 g/mol. The maximum Gasteiger partial charge on any atom is 0.177 e. The summed E-state index contributed by atoms with van der Waals surface area (Å²) < 4.78 is 2.28. The van der Waals surface area contributed by atoms with Crippen molar-refractivity contribution in [1.29, 1.82) is 0 Å². The van der Waals surface area contributed by atoms with Crippen molar-refractivity contribution in [1.82, 2.24) is 9.99 Å². The highest BCUT2D eigenvalue weighted by Gasteiger charge is 2.19. The minimum absolute atomic E-state index is 0.641. The van der Waals surface area contributed by atoms with Gasteiger partial charge in [-0.25, -0.2) is 0 Å². The molecule has 130 valence electrons.